The van der Waals surface area contributed by atoms with Crippen LogP contribution in [-0.2, 0) is 24.4 Å². The van der Waals surface area contributed by atoms with Gasteiger partial charge in [-0.25, -0.2) is 0 Å². The van der Waals surface area contributed by atoms with Crippen molar-refractivity contribution in [3.8, 4) is 0 Å². The Labute approximate surface area is 97.7 Å². The van der Waals surface area contributed by atoms with Crippen LogP contribution in [0.1, 0.15) is 52.4 Å². The third-order valence-corrected chi connectivity index (χ3v) is 3.23. The van der Waals surface area contributed by atoms with E-state index in [4.69, 9.17) is 0 Å². The minimum Gasteiger partial charge on any atom is -0.412 e. The molecule has 0 bridgehead atoms. The van der Waals surface area contributed by atoms with E-state index in [1.807, 2.05) is 0 Å². The van der Waals surface area contributed by atoms with E-state index in [1.54, 1.807) is 0 Å². The second-order valence-electron chi connectivity index (χ2n) is 3.70. The molecule has 81 valence electrons. The van der Waals surface area contributed by atoms with Gasteiger partial charge in [0.1, 0.15) is 0 Å². The molecule has 0 heterocycles. The van der Waals surface area contributed by atoms with E-state index in [-0.39, 0.29) is 11.0 Å². The second kappa shape index (κ2) is 15.3. The minimum atomic E-state index is 0. The van der Waals surface area contributed by atoms with Gasteiger partial charge in [0.15, 0.2) is 0 Å². The summed E-state index contributed by atoms with van der Waals surface area (Å²) in [6.07, 6.45) is 8.82. The van der Waals surface area contributed by atoms with Gasteiger partial charge in [-0.05, 0) is 0 Å². The molecule has 0 saturated heterocycles. The van der Waals surface area contributed by atoms with Gasteiger partial charge in [-0.3, -0.25) is 0 Å². The maximum Gasteiger partial charge on any atom is -0.412 e. The Morgan fingerprint density at radius 1 is 0.846 bits per heavy atom. The van der Waals surface area contributed by atoms with Crippen molar-refractivity contribution in [2.45, 2.75) is 56.5 Å². The number of unbranched alkanes of at least 4 members (excludes halogenated alkanes) is 4. The molecule has 0 radical (unpaired) electrons. The molecular weight excluding hydrogens is 331 g/mol. The van der Waals surface area contributed by atoms with Crippen molar-refractivity contribution in [1.29, 1.82) is 0 Å². The molecule has 0 aromatic carbocycles. The smallest absolute Gasteiger partial charge is 0.412 e. The maximum absolute atomic E-state index is 2.32. The largest absolute Gasteiger partial charge is 0.412 e. The maximum atomic E-state index is 2.32. The van der Waals surface area contributed by atoms with Crippen molar-refractivity contribution < 1.29 is 35.3 Å². The first kappa shape index (κ1) is 19.4. The first-order chi connectivity index (χ1) is 5.27. The molecule has 0 aromatic rings. The van der Waals surface area contributed by atoms with Crippen LogP contribution in [0.3, 0.4) is 0 Å². The predicted molar refractivity (Wildman–Crippen MR) is 54.6 cm³/mol. The molecule has 0 aromatic heterocycles. The summed E-state index contributed by atoms with van der Waals surface area (Å²) in [6.45, 7) is 4.63. The Kier molecular flexibility index (Phi) is 22.8. The molecule has 0 aliphatic heterocycles. The van der Waals surface area contributed by atoms with Crippen LogP contribution < -0.4 is 0 Å². The van der Waals surface area contributed by atoms with Crippen molar-refractivity contribution in [3.63, 3.8) is 0 Å². The zero-order valence-electron chi connectivity index (χ0n) is 9.03. The van der Waals surface area contributed by atoms with Crippen LogP contribution in [0.25, 0.3) is 0 Å². The zero-order chi connectivity index (χ0) is 8.53. The second-order valence-corrected chi connectivity index (χ2v) is 5.50. The molecule has 4 N–H and O–H groups in total. The van der Waals surface area contributed by atoms with Gasteiger partial charge in [-0.1, -0.05) is 0 Å². The summed E-state index contributed by atoms with van der Waals surface area (Å²) >= 11 is 1.41. The van der Waals surface area contributed by atoms with E-state index in [0.29, 0.717) is 0 Å². The Morgan fingerprint density at radius 2 is 1.31 bits per heavy atom. The van der Waals surface area contributed by atoms with Gasteiger partial charge in [-0.15, -0.1) is 0 Å². The molecular formula is C10H25HfO2. The van der Waals surface area contributed by atoms with Gasteiger partial charge in [0.05, 0.1) is 0 Å². The molecule has 3 heteroatoms. The van der Waals surface area contributed by atoms with Gasteiger partial charge in [0, 0.05) is 0 Å². The van der Waals surface area contributed by atoms with E-state index in [2.05, 4.69) is 13.8 Å². The fourth-order valence-electron chi connectivity index (χ4n) is 1.21. The number of hydrogen-bond donors (Lipinski definition) is 0. The first-order valence-corrected chi connectivity index (χ1v) is 7.46. The van der Waals surface area contributed by atoms with E-state index in [9.17, 15) is 0 Å². The van der Waals surface area contributed by atoms with Crippen molar-refractivity contribution in [2.75, 3.05) is 0 Å². The summed E-state index contributed by atoms with van der Waals surface area (Å²) in [7, 11) is 0. The average molecular weight is 356 g/mol. The van der Waals surface area contributed by atoms with Crippen LogP contribution in [0.15, 0.2) is 0 Å². The van der Waals surface area contributed by atoms with E-state index >= 15 is 0 Å². The van der Waals surface area contributed by atoms with Crippen LogP contribution in [0.2, 0.25) is 4.18 Å². The summed E-state index contributed by atoms with van der Waals surface area (Å²) in [4.78, 5) is 0. The van der Waals surface area contributed by atoms with Gasteiger partial charge < -0.3 is 11.0 Å². The molecule has 0 spiro atoms. The number of rotatable bonds is 7. The van der Waals surface area contributed by atoms with Crippen molar-refractivity contribution >= 4 is 0 Å². The summed E-state index contributed by atoms with van der Waals surface area (Å²) in [5, 5.41) is 0. The summed E-state index contributed by atoms with van der Waals surface area (Å²) in [5.74, 6) is 0.911. The van der Waals surface area contributed by atoms with Gasteiger partial charge in [0.25, 0.3) is 0 Å². The van der Waals surface area contributed by atoms with Crippen LogP contribution >= 0.6 is 0 Å². The Bertz CT molecular complexity index is 77.3. The topological polar surface area (TPSA) is 63.0 Å². The molecule has 13 heavy (non-hydrogen) atoms. The number of hydrogen-bond acceptors (Lipinski definition) is 0. The zero-order valence-corrected chi connectivity index (χ0v) is 12.6. The molecule has 0 aliphatic carbocycles. The van der Waals surface area contributed by atoms with Gasteiger partial charge in [0.2, 0.25) is 0 Å². The standard InChI is InChI=1S/C10H21.Hf.2H2O/c1-4-5-6-7-8-9-10(2)3;;;/h10H,1,4-9H2,2-3H3;;2*1H2. The van der Waals surface area contributed by atoms with Crippen molar-refractivity contribution in [1.82, 2.24) is 0 Å². The average Bonchev–Trinajstić information content (AvgIpc) is 1.96. The summed E-state index contributed by atoms with van der Waals surface area (Å²) in [5.41, 5.74) is 0. The van der Waals surface area contributed by atoms with E-state index in [0.717, 1.165) is 5.92 Å². The Balaban J connectivity index is -0.000000500. The van der Waals surface area contributed by atoms with Crippen LogP contribution in [0.5, 0.6) is 0 Å². The minimum absolute atomic E-state index is 0. The van der Waals surface area contributed by atoms with Crippen LogP contribution in [0, 0.1) is 5.92 Å². The summed E-state index contributed by atoms with van der Waals surface area (Å²) < 4.78 is 1.50. The molecule has 2 nitrogen and oxygen atoms in total. The predicted octanol–water partition coefficient (Wildman–Crippen LogP) is 2.30. The molecule has 0 aliphatic rings. The third kappa shape index (κ3) is 19.3. The van der Waals surface area contributed by atoms with E-state index < -0.39 is 0 Å². The van der Waals surface area contributed by atoms with Gasteiger partial charge in [-0.2, -0.15) is 0 Å². The molecule has 0 amide bonds. The Hall–Kier alpha value is 0.790. The SMILES string of the molecule is CC(C)CCCCCC[CH2][Hf].O.O. The van der Waals surface area contributed by atoms with Crippen LogP contribution in [0.4, 0.5) is 0 Å². The molecule has 0 rings (SSSR count). The first-order valence-electron chi connectivity index (χ1n) is 4.92. The van der Waals surface area contributed by atoms with Gasteiger partial charge >= 0.3 is 86.8 Å². The fraction of sp³-hybridized carbons (Fsp3) is 1.00. The van der Waals surface area contributed by atoms with E-state index in [1.165, 1.54) is 67.1 Å². The monoisotopic (exact) mass is 357 g/mol. The molecule has 0 saturated carbocycles. The Morgan fingerprint density at radius 3 is 1.77 bits per heavy atom. The summed E-state index contributed by atoms with van der Waals surface area (Å²) in [6, 6.07) is 0. The van der Waals surface area contributed by atoms with Crippen molar-refractivity contribution in [3.05, 3.63) is 0 Å². The molecule has 0 atom stereocenters. The quantitative estimate of drug-likeness (QED) is 0.497. The third-order valence-electron chi connectivity index (χ3n) is 1.96. The van der Waals surface area contributed by atoms with Crippen LogP contribution in [-0.4, -0.2) is 11.0 Å². The molecule has 0 fully saturated rings. The normalized spacial score (nSPS) is 9.08. The molecule has 0 unspecified atom stereocenters. The fourth-order valence-corrected chi connectivity index (χ4v) is 2.11. The van der Waals surface area contributed by atoms with Crippen molar-refractivity contribution in [2.24, 2.45) is 5.92 Å².